The van der Waals surface area contributed by atoms with E-state index in [4.69, 9.17) is 0 Å². The van der Waals surface area contributed by atoms with Crippen molar-refractivity contribution in [2.75, 3.05) is 0 Å². The Morgan fingerprint density at radius 3 is 2.30 bits per heavy atom. The van der Waals surface area contributed by atoms with Gasteiger partial charge in [-0.2, -0.15) is 21.6 Å². The molecule has 8 heteroatoms. The maximum atomic E-state index is 12.4. The van der Waals surface area contributed by atoms with Gasteiger partial charge in [-0.05, 0) is 71.4 Å². The van der Waals surface area contributed by atoms with Gasteiger partial charge in [0, 0.05) is 9.13 Å². The zero-order chi connectivity index (χ0) is 14.8. The van der Waals surface area contributed by atoms with Gasteiger partial charge in [0.1, 0.15) is 5.75 Å². The Morgan fingerprint density at radius 1 is 1.15 bits per heavy atom. The highest BCUT2D eigenvalue weighted by Crippen LogP contribution is 2.57. The van der Waals surface area contributed by atoms with Gasteiger partial charge in [-0.15, -0.1) is 0 Å². The summed E-state index contributed by atoms with van der Waals surface area (Å²) in [5.74, 6) is -0.179. The standard InChI is InChI=1S/C12H10F3IO3S/c13-12(14,15)20(17,18)19-10-2-1-9(16)7-5-11(3-4-11)6-8(7)10/h1-2H,3-6H2. The topological polar surface area (TPSA) is 43.4 Å². The molecular formula is C12H10F3IO3S. The minimum Gasteiger partial charge on any atom is -0.376 e. The van der Waals surface area contributed by atoms with Gasteiger partial charge < -0.3 is 4.18 Å². The molecule has 0 aromatic heterocycles. The van der Waals surface area contributed by atoms with Gasteiger partial charge in [0.2, 0.25) is 0 Å². The number of benzene rings is 1. The Labute approximate surface area is 127 Å². The number of hydrogen-bond acceptors (Lipinski definition) is 3. The molecule has 0 atom stereocenters. The predicted octanol–water partition coefficient (Wildman–Crippen LogP) is 3.40. The highest BCUT2D eigenvalue weighted by atomic mass is 127. The molecule has 2 aliphatic carbocycles. The molecule has 20 heavy (non-hydrogen) atoms. The monoisotopic (exact) mass is 418 g/mol. The maximum absolute atomic E-state index is 12.4. The zero-order valence-electron chi connectivity index (χ0n) is 10.1. The van der Waals surface area contributed by atoms with E-state index < -0.39 is 15.6 Å². The van der Waals surface area contributed by atoms with E-state index in [0.29, 0.717) is 12.0 Å². The molecule has 1 saturated carbocycles. The van der Waals surface area contributed by atoms with Gasteiger partial charge in [0.05, 0.1) is 0 Å². The molecule has 3 nitrogen and oxygen atoms in total. The van der Waals surface area contributed by atoms with Crippen LogP contribution in [0.4, 0.5) is 13.2 Å². The molecule has 0 saturated heterocycles. The van der Waals surface area contributed by atoms with Crippen LogP contribution in [0.5, 0.6) is 5.75 Å². The van der Waals surface area contributed by atoms with Crippen molar-refractivity contribution in [3.63, 3.8) is 0 Å². The molecular weight excluding hydrogens is 408 g/mol. The molecule has 0 amide bonds. The number of hydrogen-bond donors (Lipinski definition) is 0. The van der Waals surface area contributed by atoms with Crippen molar-refractivity contribution < 1.29 is 25.8 Å². The molecule has 1 aromatic carbocycles. The molecule has 1 aromatic rings. The van der Waals surface area contributed by atoms with E-state index in [1.54, 1.807) is 6.07 Å². The van der Waals surface area contributed by atoms with Gasteiger partial charge >= 0.3 is 15.6 Å². The van der Waals surface area contributed by atoms with Crippen LogP contribution in [-0.4, -0.2) is 13.9 Å². The third-order valence-corrected chi connectivity index (χ3v) is 5.85. The van der Waals surface area contributed by atoms with Crippen LogP contribution in [0.15, 0.2) is 12.1 Å². The van der Waals surface area contributed by atoms with E-state index in [1.807, 2.05) is 0 Å². The largest absolute Gasteiger partial charge is 0.534 e. The number of alkyl halides is 3. The summed E-state index contributed by atoms with van der Waals surface area (Å²) in [6.07, 6.45) is 3.46. The van der Waals surface area contributed by atoms with E-state index in [2.05, 4.69) is 26.8 Å². The molecule has 3 rings (SSSR count). The Bertz CT molecular complexity index is 678. The van der Waals surface area contributed by atoms with Gasteiger partial charge in [-0.25, -0.2) is 0 Å². The van der Waals surface area contributed by atoms with Gasteiger partial charge in [0.25, 0.3) is 0 Å². The summed E-state index contributed by atoms with van der Waals surface area (Å²) in [7, 11) is -5.60. The lowest BCUT2D eigenvalue weighted by Crippen LogP contribution is -2.28. The smallest absolute Gasteiger partial charge is 0.376 e. The molecule has 0 unspecified atom stereocenters. The van der Waals surface area contributed by atoms with Crippen molar-refractivity contribution in [1.29, 1.82) is 0 Å². The zero-order valence-corrected chi connectivity index (χ0v) is 13.1. The van der Waals surface area contributed by atoms with Crippen molar-refractivity contribution in [2.24, 2.45) is 5.41 Å². The van der Waals surface area contributed by atoms with E-state index in [0.717, 1.165) is 28.4 Å². The predicted molar refractivity (Wildman–Crippen MR) is 73.8 cm³/mol. The number of fused-ring (bicyclic) bond motifs is 1. The maximum Gasteiger partial charge on any atom is 0.534 e. The van der Waals surface area contributed by atoms with E-state index in [1.165, 1.54) is 6.07 Å². The van der Waals surface area contributed by atoms with Crippen LogP contribution in [-0.2, 0) is 23.0 Å². The molecule has 0 aliphatic heterocycles. The molecule has 0 heterocycles. The fraction of sp³-hybridized carbons (Fsp3) is 0.500. The summed E-state index contributed by atoms with van der Waals surface area (Å²) in [5.41, 5.74) is -3.73. The average Bonchev–Trinajstić information content (AvgIpc) is 2.91. The van der Waals surface area contributed by atoms with Crippen molar-refractivity contribution in [3.05, 3.63) is 26.8 Å². The summed E-state index contributed by atoms with van der Waals surface area (Å²) in [4.78, 5) is 0. The van der Waals surface area contributed by atoms with Crippen molar-refractivity contribution in [2.45, 2.75) is 31.2 Å². The highest BCUT2D eigenvalue weighted by molar-refractivity contribution is 14.1. The van der Waals surface area contributed by atoms with Crippen LogP contribution in [0.1, 0.15) is 24.0 Å². The molecule has 0 N–H and O–H groups in total. The highest BCUT2D eigenvalue weighted by Gasteiger charge is 2.51. The molecule has 110 valence electrons. The lowest BCUT2D eigenvalue weighted by molar-refractivity contribution is -0.0500. The minimum atomic E-state index is -5.60. The number of rotatable bonds is 2. The SMILES string of the molecule is O=S(=O)(Oc1ccc(I)c2c1CC1(CC1)C2)C(F)(F)F. The van der Waals surface area contributed by atoms with Gasteiger partial charge in [-0.3, -0.25) is 0 Å². The third kappa shape index (κ3) is 2.30. The summed E-state index contributed by atoms with van der Waals surface area (Å²) in [6, 6.07) is 2.91. The number of halogens is 4. The summed E-state index contributed by atoms with van der Waals surface area (Å²) in [5, 5.41) is 0. The Balaban J connectivity index is 1.99. The summed E-state index contributed by atoms with van der Waals surface area (Å²) < 4.78 is 64.7. The quantitative estimate of drug-likeness (QED) is 0.420. The molecule has 0 radical (unpaired) electrons. The first-order valence-corrected chi connectivity index (χ1v) is 8.43. The molecule has 1 spiro atoms. The summed E-state index contributed by atoms with van der Waals surface area (Å²) >= 11 is 2.11. The second-order valence-electron chi connectivity index (χ2n) is 5.34. The van der Waals surface area contributed by atoms with Crippen LogP contribution in [0.2, 0.25) is 0 Å². The minimum absolute atomic E-state index is 0.129. The van der Waals surface area contributed by atoms with Crippen molar-refractivity contribution >= 4 is 32.7 Å². The van der Waals surface area contributed by atoms with Crippen LogP contribution >= 0.6 is 22.6 Å². The first-order chi connectivity index (χ1) is 9.14. The fourth-order valence-electron chi connectivity index (χ4n) is 2.61. The fourth-order valence-corrected chi connectivity index (χ4v) is 3.80. The van der Waals surface area contributed by atoms with E-state index in [9.17, 15) is 21.6 Å². The first kappa shape index (κ1) is 14.4. The van der Waals surface area contributed by atoms with Gasteiger partial charge in [-0.1, -0.05) is 0 Å². The summed E-state index contributed by atoms with van der Waals surface area (Å²) in [6.45, 7) is 0. The van der Waals surface area contributed by atoms with Crippen LogP contribution in [0.3, 0.4) is 0 Å². The van der Waals surface area contributed by atoms with Crippen LogP contribution < -0.4 is 4.18 Å². The van der Waals surface area contributed by atoms with E-state index >= 15 is 0 Å². The molecule has 0 bridgehead atoms. The second kappa shape index (κ2) is 4.25. The lowest BCUT2D eigenvalue weighted by Gasteiger charge is -2.13. The Kier molecular flexibility index (Phi) is 3.06. The van der Waals surface area contributed by atoms with E-state index in [-0.39, 0.29) is 11.2 Å². The lowest BCUT2D eigenvalue weighted by atomic mass is 10.0. The third-order valence-electron chi connectivity index (χ3n) is 3.87. The van der Waals surface area contributed by atoms with Crippen molar-refractivity contribution in [3.8, 4) is 5.75 Å². The molecule has 1 fully saturated rings. The van der Waals surface area contributed by atoms with Crippen LogP contribution in [0, 0.1) is 8.99 Å². The Hall–Kier alpha value is -0.510. The normalized spacial score (nSPS) is 20.0. The van der Waals surface area contributed by atoms with Gasteiger partial charge in [0.15, 0.2) is 0 Å². The van der Waals surface area contributed by atoms with Crippen LogP contribution in [0.25, 0.3) is 0 Å². The Morgan fingerprint density at radius 2 is 1.75 bits per heavy atom. The average molecular weight is 418 g/mol. The first-order valence-electron chi connectivity index (χ1n) is 5.95. The second-order valence-corrected chi connectivity index (χ2v) is 8.04. The van der Waals surface area contributed by atoms with Crippen molar-refractivity contribution in [1.82, 2.24) is 0 Å². The molecule has 2 aliphatic rings.